The lowest BCUT2D eigenvalue weighted by atomic mass is 10.1. The van der Waals surface area contributed by atoms with Crippen molar-refractivity contribution in [2.24, 2.45) is 0 Å². The van der Waals surface area contributed by atoms with E-state index < -0.39 is 6.10 Å². The second-order valence-corrected chi connectivity index (χ2v) is 6.75. The van der Waals surface area contributed by atoms with Crippen LogP contribution in [-0.2, 0) is 4.79 Å². The summed E-state index contributed by atoms with van der Waals surface area (Å²) in [5.41, 5.74) is 3.44. The van der Waals surface area contributed by atoms with Gasteiger partial charge in [-0.3, -0.25) is 4.79 Å². The van der Waals surface area contributed by atoms with Gasteiger partial charge in [0.05, 0.1) is 6.04 Å². The Balaban J connectivity index is 1.89. The number of hydrogen-bond donors (Lipinski definition) is 1. The van der Waals surface area contributed by atoms with Crippen LogP contribution in [0, 0.1) is 20.8 Å². The second-order valence-electron chi connectivity index (χ2n) is 6.75. The Morgan fingerprint density at radius 3 is 2.42 bits per heavy atom. The molecule has 2 unspecified atom stereocenters. The van der Waals surface area contributed by atoms with Crippen molar-refractivity contribution in [1.29, 1.82) is 0 Å². The molecule has 2 rings (SSSR count). The van der Waals surface area contributed by atoms with Crippen molar-refractivity contribution >= 4 is 5.91 Å². The first-order chi connectivity index (χ1) is 12.4. The monoisotopic (exact) mass is 355 g/mol. The predicted molar refractivity (Wildman–Crippen MR) is 105 cm³/mol. The second kappa shape index (κ2) is 9.27. The van der Waals surface area contributed by atoms with Crippen LogP contribution in [0.5, 0.6) is 11.5 Å². The third-order valence-corrected chi connectivity index (χ3v) is 4.39. The highest BCUT2D eigenvalue weighted by atomic mass is 16.5. The van der Waals surface area contributed by atoms with Gasteiger partial charge >= 0.3 is 0 Å². The maximum atomic E-state index is 12.5. The fraction of sp³-hybridized carbons (Fsp3) is 0.409. The Bertz CT molecular complexity index is 742. The smallest absolute Gasteiger partial charge is 0.261 e. The minimum atomic E-state index is -0.516. The molecule has 0 aliphatic rings. The number of carbonyl (C=O) groups is 1. The first-order valence-electron chi connectivity index (χ1n) is 9.13. The molecular weight excluding hydrogens is 326 g/mol. The van der Waals surface area contributed by atoms with Gasteiger partial charge in [0.1, 0.15) is 18.1 Å². The first kappa shape index (κ1) is 19.8. The van der Waals surface area contributed by atoms with Crippen LogP contribution < -0.4 is 14.8 Å². The van der Waals surface area contributed by atoms with E-state index in [0.717, 1.165) is 22.6 Å². The number of hydrogen-bond acceptors (Lipinski definition) is 3. The SMILES string of the molecule is CCC(Oc1ccc(C)c(C)c1)C(=O)NC(C)COc1ccccc1C. The van der Waals surface area contributed by atoms with Crippen molar-refractivity contribution in [3.63, 3.8) is 0 Å². The summed E-state index contributed by atoms with van der Waals surface area (Å²) in [6.07, 6.45) is 0.0856. The van der Waals surface area contributed by atoms with Gasteiger partial charge in [-0.2, -0.15) is 0 Å². The van der Waals surface area contributed by atoms with Crippen LogP contribution in [0.2, 0.25) is 0 Å². The number of nitrogens with one attached hydrogen (secondary N) is 1. The van der Waals surface area contributed by atoms with Crippen LogP contribution >= 0.6 is 0 Å². The summed E-state index contributed by atoms with van der Waals surface area (Å²) in [7, 11) is 0. The van der Waals surface area contributed by atoms with Gasteiger partial charge < -0.3 is 14.8 Å². The largest absolute Gasteiger partial charge is 0.491 e. The maximum absolute atomic E-state index is 12.5. The summed E-state index contributed by atoms with van der Waals surface area (Å²) in [6.45, 7) is 10.4. The van der Waals surface area contributed by atoms with Gasteiger partial charge in [0.2, 0.25) is 0 Å². The average molecular weight is 355 g/mol. The number of ether oxygens (including phenoxy) is 2. The molecule has 0 bridgehead atoms. The lowest BCUT2D eigenvalue weighted by molar-refractivity contribution is -0.128. The fourth-order valence-corrected chi connectivity index (χ4v) is 2.58. The lowest BCUT2D eigenvalue weighted by Crippen LogP contribution is -2.44. The van der Waals surface area contributed by atoms with E-state index in [-0.39, 0.29) is 11.9 Å². The number of para-hydroxylation sites is 1. The van der Waals surface area contributed by atoms with Gasteiger partial charge in [-0.25, -0.2) is 0 Å². The van der Waals surface area contributed by atoms with Crippen LogP contribution in [0.15, 0.2) is 42.5 Å². The average Bonchev–Trinajstić information content (AvgIpc) is 2.61. The van der Waals surface area contributed by atoms with E-state index in [1.807, 2.05) is 70.2 Å². The van der Waals surface area contributed by atoms with Gasteiger partial charge in [0, 0.05) is 0 Å². The topological polar surface area (TPSA) is 47.6 Å². The number of aryl methyl sites for hydroxylation is 3. The first-order valence-corrected chi connectivity index (χ1v) is 9.13. The van der Waals surface area contributed by atoms with Crippen molar-refractivity contribution < 1.29 is 14.3 Å². The zero-order valence-electron chi connectivity index (χ0n) is 16.3. The van der Waals surface area contributed by atoms with E-state index >= 15 is 0 Å². The molecule has 0 radical (unpaired) electrons. The molecule has 0 aromatic heterocycles. The highest BCUT2D eigenvalue weighted by Crippen LogP contribution is 2.19. The molecule has 0 fully saturated rings. The molecule has 1 N–H and O–H groups in total. The van der Waals surface area contributed by atoms with Crippen molar-refractivity contribution in [2.75, 3.05) is 6.61 Å². The zero-order valence-corrected chi connectivity index (χ0v) is 16.3. The van der Waals surface area contributed by atoms with Gasteiger partial charge in [0.15, 0.2) is 6.10 Å². The minimum Gasteiger partial charge on any atom is -0.491 e. The van der Waals surface area contributed by atoms with Crippen molar-refractivity contribution in [1.82, 2.24) is 5.32 Å². The molecule has 2 aromatic carbocycles. The Kier molecular flexibility index (Phi) is 7.07. The Hall–Kier alpha value is -2.49. The summed E-state index contributed by atoms with van der Waals surface area (Å²) >= 11 is 0. The number of carbonyl (C=O) groups excluding carboxylic acids is 1. The molecule has 2 aromatic rings. The molecule has 4 heteroatoms. The summed E-state index contributed by atoms with van der Waals surface area (Å²) in [6, 6.07) is 13.6. The van der Waals surface area contributed by atoms with Crippen molar-refractivity contribution in [2.45, 2.75) is 53.2 Å². The molecule has 0 spiro atoms. The molecule has 140 valence electrons. The number of rotatable bonds is 8. The van der Waals surface area contributed by atoms with E-state index in [9.17, 15) is 4.79 Å². The number of benzene rings is 2. The van der Waals surface area contributed by atoms with Crippen molar-refractivity contribution in [3.05, 3.63) is 59.2 Å². The Morgan fingerprint density at radius 2 is 1.77 bits per heavy atom. The van der Waals surface area contributed by atoms with Crippen LogP contribution in [0.3, 0.4) is 0 Å². The normalized spacial score (nSPS) is 13.0. The molecule has 2 atom stereocenters. The highest BCUT2D eigenvalue weighted by molar-refractivity contribution is 5.81. The molecule has 0 saturated carbocycles. The summed E-state index contributed by atoms with van der Waals surface area (Å²) in [4.78, 5) is 12.5. The quantitative estimate of drug-likeness (QED) is 0.766. The van der Waals surface area contributed by atoms with Gasteiger partial charge in [-0.05, 0) is 69.0 Å². The fourth-order valence-electron chi connectivity index (χ4n) is 2.58. The Morgan fingerprint density at radius 1 is 1.04 bits per heavy atom. The molecule has 4 nitrogen and oxygen atoms in total. The van der Waals surface area contributed by atoms with Gasteiger partial charge in [0.25, 0.3) is 5.91 Å². The van der Waals surface area contributed by atoms with E-state index in [4.69, 9.17) is 9.47 Å². The van der Waals surface area contributed by atoms with Crippen molar-refractivity contribution in [3.8, 4) is 11.5 Å². The minimum absolute atomic E-state index is 0.112. The lowest BCUT2D eigenvalue weighted by Gasteiger charge is -2.21. The third-order valence-electron chi connectivity index (χ3n) is 4.39. The van der Waals surface area contributed by atoms with E-state index in [2.05, 4.69) is 12.2 Å². The predicted octanol–water partition coefficient (Wildman–Crippen LogP) is 4.35. The van der Waals surface area contributed by atoms with E-state index in [1.165, 1.54) is 5.56 Å². The molecule has 0 heterocycles. The van der Waals surface area contributed by atoms with Gasteiger partial charge in [-0.1, -0.05) is 31.2 Å². The van der Waals surface area contributed by atoms with Crippen LogP contribution in [0.25, 0.3) is 0 Å². The standard InChI is InChI=1S/C22H29NO3/c1-6-20(26-19-12-11-15(2)17(4)13-19)22(24)23-18(5)14-25-21-10-8-7-9-16(21)3/h7-13,18,20H,6,14H2,1-5H3,(H,23,24). The summed E-state index contributed by atoms with van der Waals surface area (Å²) in [5.74, 6) is 1.44. The van der Waals surface area contributed by atoms with Crippen LogP contribution in [0.4, 0.5) is 0 Å². The molecular formula is C22H29NO3. The molecule has 0 aliphatic heterocycles. The van der Waals surface area contributed by atoms with E-state index in [1.54, 1.807) is 0 Å². The Labute approximate surface area is 156 Å². The highest BCUT2D eigenvalue weighted by Gasteiger charge is 2.20. The third kappa shape index (κ3) is 5.51. The van der Waals surface area contributed by atoms with E-state index in [0.29, 0.717) is 13.0 Å². The molecule has 0 saturated heterocycles. The number of amides is 1. The van der Waals surface area contributed by atoms with Gasteiger partial charge in [-0.15, -0.1) is 0 Å². The van der Waals surface area contributed by atoms with Crippen LogP contribution in [0.1, 0.15) is 37.0 Å². The summed E-state index contributed by atoms with van der Waals surface area (Å²) in [5, 5.41) is 2.98. The summed E-state index contributed by atoms with van der Waals surface area (Å²) < 4.78 is 11.7. The zero-order chi connectivity index (χ0) is 19.1. The molecule has 0 aliphatic carbocycles. The maximum Gasteiger partial charge on any atom is 0.261 e. The van der Waals surface area contributed by atoms with Crippen LogP contribution in [-0.4, -0.2) is 24.7 Å². The molecule has 26 heavy (non-hydrogen) atoms. The molecule has 1 amide bonds.